The third kappa shape index (κ3) is 6.53. The maximum atomic E-state index is 9.17. The molecule has 0 N–H and O–H groups in total. The highest BCUT2D eigenvalue weighted by Gasteiger charge is 2.19. The van der Waals surface area contributed by atoms with Crippen LogP contribution in [0.4, 0.5) is 34.1 Å². The number of nitrogens with zero attached hydrogens (tertiary/aromatic N) is 2. The first kappa shape index (κ1) is 28.4. The van der Waals surface area contributed by atoms with E-state index in [0.717, 1.165) is 50.7 Å². The van der Waals surface area contributed by atoms with Gasteiger partial charge in [-0.25, -0.2) is 0 Å². The minimum absolute atomic E-state index is 0.0884. The molecule has 0 saturated heterocycles. The summed E-state index contributed by atoms with van der Waals surface area (Å²) >= 11 is 0. The highest BCUT2D eigenvalue weighted by molar-refractivity contribution is 6.05. The van der Waals surface area contributed by atoms with Gasteiger partial charge in [0.1, 0.15) is 0 Å². The molecule has 0 atom stereocenters. The molecule has 0 bridgehead atoms. The Morgan fingerprint density at radius 2 is 0.704 bits per heavy atom. The molecule has 0 spiro atoms. The SMILES string of the molecule is [2H]c1c([2H])c(N(c2ccccc2)c2ccccc2)c([2H])c([2H])c1-c1ccc(-c2ccc(N(c3ccccc3)c3ccc4ccccc4c3-c3ccccc3)cc2)cc1. The van der Waals surface area contributed by atoms with Gasteiger partial charge in [-0.3, -0.25) is 0 Å². The molecule has 0 aliphatic heterocycles. The summed E-state index contributed by atoms with van der Waals surface area (Å²) < 4.78 is 36.6. The van der Waals surface area contributed by atoms with Crippen molar-refractivity contribution in [3.8, 4) is 33.4 Å². The number of para-hydroxylation sites is 3. The van der Waals surface area contributed by atoms with E-state index >= 15 is 0 Å². The first-order valence-corrected chi connectivity index (χ1v) is 18.1. The molecule has 0 amide bonds. The molecular weight excluding hydrogens is 653 g/mol. The Labute approximate surface area is 323 Å². The number of hydrogen-bond acceptors (Lipinski definition) is 2. The van der Waals surface area contributed by atoms with Crippen LogP contribution in [0.15, 0.2) is 230 Å². The average molecular weight is 695 g/mol. The fraction of sp³-hybridized carbons (Fsp3) is 0. The van der Waals surface area contributed by atoms with Gasteiger partial charge in [0.2, 0.25) is 0 Å². The molecule has 9 aromatic carbocycles. The summed E-state index contributed by atoms with van der Waals surface area (Å²) in [6.07, 6.45) is 0. The monoisotopic (exact) mass is 694 g/mol. The minimum Gasteiger partial charge on any atom is -0.311 e. The van der Waals surface area contributed by atoms with E-state index in [1.807, 2.05) is 97.1 Å². The van der Waals surface area contributed by atoms with Crippen LogP contribution in [0, 0.1) is 0 Å². The Morgan fingerprint density at radius 1 is 0.278 bits per heavy atom. The molecule has 0 fully saturated rings. The van der Waals surface area contributed by atoms with Crippen LogP contribution >= 0.6 is 0 Å². The van der Waals surface area contributed by atoms with Crippen molar-refractivity contribution in [2.24, 2.45) is 0 Å². The summed E-state index contributed by atoms with van der Waals surface area (Å²) in [6, 6.07) is 68.9. The topological polar surface area (TPSA) is 6.48 Å². The van der Waals surface area contributed by atoms with E-state index in [1.165, 1.54) is 10.8 Å². The van der Waals surface area contributed by atoms with Gasteiger partial charge in [-0.1, -0.05) is 164 Å². The van der Waals surface area contributed by atoms with Crippen molar-refractivity contribution in [1.29, 1.82) is 0 Å². The molecule has 0 aromatic heterocycles. The van der Waals surface area contributed by atoms with Gasteiger partial charge >= 0.3 is 0 Å². The van der Waals surface area contributed by atoms with Gasteiger partial charge in [-0.15, -0.1) is 0 Å². The highest BCUT2D eigenvalue weighted by atomic mass is 15.1. The summed E-state index contributed by atoms with van der Waals surface area (Å²) in [5.74, 6) is 0. The van der Waals surface area contributed by atoms with Gasteiger partial charge < -0.3 is 9.80 Å². The van der Waals surface area contributed by atoms with Crippen molar-refractivity contribution in [3.63, 3.8) is 0 Å². The van der Waals surface area contributed by atoms with Gasteiger partial charge in [0, 0.05) is 34.0 Å². The Kier molecular flexibility index (Phi) is 7.81. The Morgan fingerprint density at radius 3 is 1.26 bits per heavy atom. The first-order chi connectivity index (χ1) is 28.5. The number of hydrogen-bond donors (Lipinski definition) is 0. The lowest BCUT2D eigenvalue weighted by Gasteiger charge is -2.29. The van der Waals surface area contributed by atoms with Crippen LogP contribution in [-0.4, -0.2) is 0 Å². The van der Waals surface area contributed by atoms with Crippen molar-refractivity contribution < 1.29 is 5.48 Å². The van der Waals surface area contributed by atoms with Crippen LogP contribution in [0.25, 0.3) is 44.2 Å². The average Bonchev–Trinajstić information content (AvgIpc) is 3.29. The van der Waals surface area contributed by atoms with E-state index in [2.05, 4.69) is 114 Å². The van der Waals surface area contributed by atoms with Crippen molar-refractivity contribution in [2.45, 2.75) is 0 Å². The lowest BCUT2D eigenvalue weighted by atomic mass is 9.95. The Hall–Kier alpha value is -7.16. The van der Waals surface area contributed by atoms with Crippen molar-refractivity contribution in [2.75, 3.05) is 9.80 Å². The molecule has 0 unspecified atom stereocenters. The summed E-state index contributed by atoms with van der Waals surface area (Å²) in [4.78, 5) is 4.10. The molecule has 2 heteroatoms. The Balaban J connectivity index is 1.08. The number of benzene rings is 9. The summed E-state index contributed by atoms with van der Waals surface area (Å²) in [5, 5.41) is 2.37. The van der Waals surface area contributed by atoms with Crippen molar-refractivity contribution >= 4 is 44.9 Å². The largest absolute Gasteiger partial charge is 0.311 e. The molecule has 0 saturated carbocycles. The fourth-order valence-electron chi connectivity index (χ4n) is 7.11. The lowest BCUT2D eigenvalue weighted by molar-refractivity contribution is 1.28. The van der Waals surface area contributed by atoms with Gasteiger partial charge in [0.25, 0.3) is 0 Å². The second kappa shape index (κ2) is 14.8. The summed E-state index contributed by atoms with van der Waals surface area (Å²) in [5.41, 5.74) is 10.0. The van der Waals surface area contributed by atoms with E-state index in [0.29, 0.717) is 5.56 Å². The maximum absolute atomic E-state index is 9.17. The molecule has 9 aromatic rings. The van der Waals surface area contributed by atoms with E-state index in [4.69, 9.17) is 2.74 Å². The number of rotatable bonds is 9. The quantitative estimate of drug-likeness (QED) is 0.148. The molecule has 9 rings (SSSR count). The smallest absolute Gasteiger partial charge is 0.0645 e. The van der Waals surface area contributed by atoms with Crippen LogP contribution in [0.2, 0.25) is 0 Å². The molecule has 0 radical (unpaired) electrons. The molecule has 54 heavy (non-hydrogen) atoms. The second-order valence-electron chi connectivity index (χ2n) is 13.1. The Bertz CT molecular complexity index is 2780. The molecule has 0 aliphatic rings. The lowest BCUT2D eigenvalue weighted by Crippen LogP contribution is -2.11. The summed E-state index contributed by atoms with van der Waals surface area (Å²) in [6.45, 7) is 0. The van der Waals surface area contributed by atoms with Crippen LogP contribution in [0.3, 0.4) is 0 Å². The van der Waals surface area contributed by atoms with Crippen LogP contribution in [0.5, 0.6) is 0 Å². The van der Waals surface area contributed by atoms with Gasteiger partial charge in [0.15, 0.2) is 0 Å². The van der Waals surface area contributed by atoms with Crippen molar-refractivity contribution in [3.05, 3.63) is 230 Å². The van der Waals surface area contributed by atoms with E-state index in [9.17, 15) is 2.74 Å². The van der Waals surface area contributed by atoms with Gasteiger partial charge in [-0.2, -0.15) is 0 Å². The second-order valence-corrected chi connectivity index (χ2v) is 13.1. The third-order valence-electron chi connectivity index (χ3n) is 9.72. The van der Waals surface area contributed by atoms with Gasteiger partial charge in [0.05, 0.1) is 11.2 Å². The zero-order chi connectivity index (χ0) is 39.6. The predicted octanol–water partition coefficient (Wildman–Crippen LogP) is 14.8. The van der Waals surface area contributed by atoms with E-state index in [1.54, 1.807) is 4.90 Å². The predicted molar refractivity (Wildman–Crippen MR) is 230 cm³/mol. The molecule has 0 heterocycles. The molecule has 256 valence electrons. The van der Waals surface area contributed by atoms with E-state index < -0.39 is 0 Å². The zero-order valence-corrected chi connectivity index (χ0v) is 29.5. The normalized spacial score (nSPS) is 12.0. The van der Waals surface area contributed by atoms with Crippen LogP contribution in [-0.2, 0) is 0 Å². The minimum atomic E-state index is -0.104. The zero-order valence-electron chi connectivity index (χ0n) is 33.5. The molecule has 2 nitrogen and oxygen atoms in total. The first-order valence-electron chi connectivity index (χ1n) is 20.1. The summed E-state index contributed by atoms with van der Waals surface area (Å²) in [7, 11) is 0. The number of fused-ring (bicyclic) bond motifs is 1. The number of anilines is 6. The fourth-order valence-corrected chi connectivity index (χ4v) is 7.11. The van der Waals surface area contributed by atoms with Crippen LogP contribution in [0.1, 0.15) is 5.48 Å². The highest BCUT2D eigenvalue weighted by Crippen LogP contribution is 2.44. The van der Waals surface area contributed by atoms with E-state index in [-0.39, 0.29) is 35.4 Å². The third-order valence-corrected chi connectivity index (χ3v) is 9.72. The molecular formula is C52H38N2. The van der Waals surface area contributed by atoms with Crippen molar-refractivity contribution in [1.82, 2.24) is 0 Å². The van der Waals surface area contributed by atoms with Gasteiger partial charge in [-0.05, 0) is 105 Å². The maximum Gasteiger partial charge on any atom is 0.0645 e. The standard InChI is InChI=1S/C52H38N2/c1-5-16-44(17-6-1)52-50-24-14-13-15-43(50)33-38-51(52)54(47-22-11-4-12-23-47)49-36-31-42(32-37-49)40-27-25-39(26-28-40)41-29-34-48(35-30-41)53(45-18-7-2-8-19-45)46-20-9-3-10-21-46/h1-38H/i29D,30D,34D,35D. The molecule has 0 aliphatic carbocycles. The van der Waals surface area contributed by atoms with Crippen LogP contribution < -0.4 is 9.80 Å².